The Morgan fingerprint density at radius 2 is 1.50 bits per heavy atom. The van der Waals surface area contributed by atoms with Crippen LogP contribution in [0.5, 0.6) is 0 Å². The van der Waals surface area contributed by atoms with Crippen LogP contribution >= 0.6 is 0 Å². The normalized spacial score (nSPS) is 14.6. The molecule has 0 spiro atoms. The second-order valence-electron chi connectivity index (χ2n) is 7.67. The molecular weight excluding hydrogens is 356 g/mol. The number of nitrogens with zero attached hydrogens (tertiary/aromatic N) is 1. The molecule has 1 unspecified atom stereocenters. The number of imide groups is 1. The first-order valence-electron chi connectivity index (χ1n) is 9.26. The second-order valence-corrected chi connectivity index (χ2v) is 7.67. The molecule has 3 amide bonds. The molecule has 1 N–H and O–H groups in total. The molecule has 28 heavy (non-hydrogen) atoms. The first kappa shape index (κ1) is 19.6. The van der Waals surface area contributed by atoms with Crippen molar-refractivity contribution in [1.29, 1.82) is 0 Å². The van der Waals surface area contributed by atoms with Crippen molar-refractivity contribution in [2.75, 3.05) is 6.54 Å². The minimum absolute atomic E-state index is 0.266. The van der Waals surface area contributed by atoms with Crippen LogP contribution in [0.3, 0.4) is 0 Å². The topological polar surface area (TPSA) is 75.7 Å². The summed E-state index contributed by atoms with van der Waals surface area (Å²) in [4.78, 5) is 39.0. The Labute approximate surface area is 164 Å². The Hall–Kier alpha value is -3.15. The predicted octanol–water partition coefficient (Wildman–Crippen LogP) is 3.94. The van der Waals surface area contributed by atoms with Gasteiger partial charge in [0.25, 0.3) is 11.8 Å². The van der Waals surface area contributed by atoms with Crippen LogP contribution in [0.25, 0.3) is 0 Å². The molecule has 1 heterocycles. The average Bonchev–Trinajstić information content (AvgIpc) is 2.90. The van der Waals surface area contributed by atoms with Gasteiger partial charge < -0.3 is 10.1 Å². The third kappa shape index (κ3) is 4.22. The van der Waals surface area contributed by atoms with Gasteiger partial charge in [0.2, 0.25) is 0 Å². The predicted molar refractivity (Wildman–Crippen MR) is 105 cm³/mol. The third-order valence-electron chi connectivity index (χ3n) is 4.41. The largest absolute Gasteiger partial charge is 0.444 e. The SMILES string of the molecule is CC(C)(C)OC(=O)NCCC(c1ccccc1)N1C(=O)c2ccccc2C1=O. The van der Waals surface area contributed by atoms with Gasteiger partial charge in [-0.2, -0.15) is 0 Å². The lowest BCUT2D eigenvalue weighted by molar-refractivity contribution is 0.0517. The van der Waals surface area contributed by atoms with E-state index in [2.05, 4.69) is 5.32 Å². The summed E-state index contributed by atoms with van der Waals surface area (Å²) >= 11 is 0. The Bertz CT molecular complexity index is 852. The minimum Gasteiger partial charge on any atom is -0.444 e. The van der Waals surface area contributed by atoms with Crippen LogP contribution in [-0.2, 0) is 4.74 Å². The zero-order valence-electron chi connectivity index (χ0n) is 16.3. The van der Waals surface area contributed by atoms with E-state index in [1.165, 1.54) is 4.90 Å². The second kappa shape index (κ2) is 7.84. The Balaban J connectivity index is 1.79. The number of amides is 3. The molecule has 146 valence electrons. The molecule has 0 fully saturated rings. The van der Waals surface area contributed by atoms with Crippen molar-refractivity contribution in [1.82, 2.24) is 10.2 Å². The van der Waals surface area contributed by atoms with E-state index >= 15 is 0 Å². The van der Waals surface area contributed by atoms with E-state index in [0.717, 1.165) is 5.56 Å². The lowest BCUT2D eigenvalue weighted by Crippen LogP contribution is -2.38. The summed E-state index contributed by atoms with van der Waals surface area (Å²) in [5.41, 5.74) is 1.07. The van der Waals surface area contributed by atoms with Crippen molar-refractivity contribution in [3.63, 3.8) is 0 Å². The number of carbonyl (C=O) groups excluding carboxylic acids is 3. The molecule has 2 aromatic rings. The Kier molecular flexibility index (Phi) is 5.49. The third-order valence-corrected chi connectivity index (χ3v) is 4.41. The summed E-state index contributed by atoms with van der Waals surface area (Å²) in [5.74, 6) is -0.626. The average molecular weight is 380 g/mol. The number of fused-ring (bicyclic) bond motifs is 1. The molecule has 6 nitrogen and oxygen atoms in total. The van der Waals surface area contributed by atoms with Crippen molar-refractivity contribution < 1.29 is 19.1 Å². The van der Waals surface area contributed by atoms with Crippen molar-refractivity contribution in [3.8, 4) is 0 Å². The fourth-order valence-corrected chi connectivity index (χ4v) is 3.24. The summed E-state index contributed by atoms with van der Waals surface area (Å²) in [6.45, 7) is 5.64. The van der Waals surface area contributed by atoms with Crippen molar-refractivity contribution in [2.45, 2.75) is 38.8 Å². The molecule has 0 radical (unpaired) electrons. The molecule has 3 rings (SSSR count). The van der Waals surface area contributed by atoms with Gasteiger partial charge in [-0.1, -0.05) is 42.5 Å². The molecule has 0 saturated heterocycles. The van der Waals surface area contributed by atoms with Gasteiger partial charge in [0.05, 0.1) is 17.2 Å². The highest BCUT2D eigenvalue weighted by Crippen LogP contribution is 2.33. The maximum atomic E-state index is 12.9. The first-order chi connectivity index (χ1) is 13.3. The van der Waals surface area contributed by atoms with Crippen LogP contribution in [0.1, 0.15) is 59.5 Å². The number of rotatable bonds is 5. The lowest BCUT2D eigenvalue weighted by Gasteiger charge is -2.27. The van der Waals surface area contributed by atoms with E-state index in [0.29, 0.717) is 17.5 Å². The zero-order chi connectivity index (χ0) is 20.3. The standard InChI is InChI=1S/C22H24N2O4/c1-22(2,3)28-21(27)23-14-13-18(15-9-5-4-6-10-15)24-19(25)16-11-7-8-12-17(16)20(24)26/h4-12,18H,13-14H2,1-3H3,(H,23,27). The van der Waals surface area contributed by atoms with Crippen LogP contribution in [0.2, 0.25) is 0 Å². The molecule has 6 heteroatoms. The van der Waals surface area contributed by atoms with E-state index in [1.807, 2.05) is 30.3 Å². The van der Waals surface area contributed by atoms with Crippen molar-refractivity contribution in [3.05, 3.63) is 71.3 Å². The fourth-order valence-electron chi connectivity index (χ4n) is 3.24. The molecule has 0 aromatic heterocycles. The van der Waals surface area contributed by atoms with Crippen LogP contribution < -0.4 is 5.32 Å². The summed E-state index contributed by atoms with van der Waals surface area (Å²) in [5, 5.41) is 2.70. The van der Waals surface area contributed by atoms with Gasteiger partial charge in [-0.15, -0.1) is 0 Å². The number of benzene rings is 2. The van der Waals surface area contributed by atoms with Gasteiger partial charge in [-0.05, 0) is 44.9 Å². The van der Waals surface area contributed by atoms with Crippen LogP contribution in [0, 0.1) is 0 Å². The number of hydrogen-bond donors (Lipinski definition) is 1. The van der Waals surface area contributed by atoms with E-state index in [-0.39, 0.29) is 18.4 Å². The zero-order valence-corrected chi connectivity index (χ0v) is 16.3. The summed E-state index contributed by atoms with van der Waals surface area (Å²) in [6.07, 6.45) is -0.143. The summed E-state index contributed by atoms with van der Waals surface area (Å²) in [6, 6.07) is 15.7. The van der Waals surface area contributed by atoms with E-state index < -0.39 is 17.7 Å². The Morgan fingerprint density at radius 1 is 0.964 bits per heavy atom. The molecule has 0 saturated carbocycles. The maximum Gasteiger partial charge on any atom is 0.407 e. The van der Waals surface area contributed by atoms with Gasteiger partial charge in [-0.25, -0.2) is 4.79 Å². The van der Waals surface area contributed by atoms with E-state index in [9.17, 15) is 14.4 Å². The van der Waals surface area contributed by atoms with E-state index in [4.69, 9.17) is 4.74 Å². The van der Waals surface area contributed by atoms with Crippen molar-refractivity contribution in [2.24, 2.45) is 0 Å². The highest BCUT2D eigenvalue weighted by molar-refractivity contribution is 6.21. The number of ether oxygens (including phenoxy) is 1. The molecule has 0 bridgehead atoms. The number of hydrogen-bond acceptors (Lipinski definition) is 4. The molecule has 1 aliphatic rings. The monoisotopic (exact) mass is 380 g/mol. The minimum atomic E-state index is -0.592. The van der Waals surface area contributed by atoms with Crippen molar-refractivity contribution >= 4 is 17.9 Å². The molecule has 0 aliphatic carbocycles. The fraction of sp³-hybridized carbons (Fsp3) is 0.318. The highest BCUT2D eigenvalue weighted by atomic mass is 16.6. The van der Waals surface area contributed by atoms with Crippen LogP contribution in [-0.4, -0.2) is 35.0 Å². The lowest BCUT2D eigenvalue weighted by atomic mass is 10.0. The smallest absolute Gasteiger partial charge is 0.407 e. The maximum absolute atomic E-state index is 12.9. The van der Waals surface area contributed by atoms with Crippen LogP contribution in [0.15, 0.2) is 54.6 Å². The van der Waals surface area contributed by atoms with Gasteiger partial charge >= 0.3 is 6.09 Å². The molecule has 1 aliphatic heterocycles. The molecular formula is C22H24N2O4. The quantitative estimate of drug-likeness (QED) is 0.797. The van der Waals surface area contributed by atoms with Crippen LogP contribution in [0.4, 0.5) is 4.79 Å². The summed E-state index contributed by atoms with van der Waals surface area (Å²) < 4.78 is 5.25. The van der Waals surface area contributed by atoms with E-state index in [1.54, 1.807) is 45.0 Å². The first-order valence-corrected chi connectivity index (χ1v) is 9.26. The number of nitrogens with one attached hydrogen (secondary N) is 1. The van der Waals surface area contributed by atoms with Gasteiger partial charge in [-0.3, -0.25) is 14.5 Å². The summed E-state index contributed by atoms with van der Waals surface area (Å²) in [7, 11) is 0. The number of alkyl carbamates (subject to hydrolysis) is 1. The molecule has 2 aromatic carbocycles. The van der Waals surface area contributed by atoms with Gasteiger partial charge in [0, 0.05) is 6.54 Å². The number of carbonyl (C=O) groups is 3. The van der Waals surface area contributed by atoms with Gasteiger partial charge in [0.1, 0.15) is 5.60 Å². The Morgan fingerprint density at radius 3 is 2.04 bits per heavy atom. The van der Waals surface area contributed by atoms with Gasteiger partial charge in [0.15, 0.2) is 0 Å². The highest BCUT2D eigenvalue weighted by Gasteiger charge is 2.40. The molecule has 1 atom stereocenters.